The van der Waals surface area contributed by atoms with Crippen molar-refractivity contribution in [3.05, 3.63) is 53.1 Å². The summed E-state index contributed by atoms with van der Waals surface area (Å²) >= 11 is 0. The van der Waals surface area contributed by atoms with Crippen molar-refractivity contribution < 1.29 is 18.3 Å². The molecule has 2 aromatic carbocycles. The summed E-state index contributed by atoms with van der Waals surface area (Å²) in [6.45, 7) is 5.41. The van der Waals surface area contributed by atoms with Gasteiger partial charge in [-0.05, 0) is 50.1 Å². The van der Waals surface area contributed by atoms with Gasteiger partial charge in [0.1, 0.15) is 5.75 Å². The number of aryl methyl sites for hydroxylation is 3. The average molecular weight is 362 g/mol. The highest BCUT2D eigenvalue weighted by Gasteiger charge is 2.17. The molecule has 0 fully saturated rings. The molecule has 0 aromatic heterocycles. The predicted octanol–water partition coefficient (Wildman–Crippen LogP) is 2.62. The number of amides is 1. The molecule has 0 saturated carbocycles. The molecule has 25 heavy (non-hydrogen) atoms. The second kappa shape index (κ2) is 7.67. The Hall–Kier alpha value is -2.38. The molecule has 0 aliphatic carbocycles. The highest BCUT2D eigenvalue weighted by atomic mass is 32.2. The number of phenolic OH excluding ortho intramolecular Hbond substituents is 1. The topological polar surface area (TPSA) is 95.5 Å². The van der Waals surface area contributed by atoms with E-state index in [1.807, 2.05) is 13.8 Å². The van der Waals surface area contributed by atoms with E-state index < -0.39 is 10.0 Å². The summed E-state index contributed by atoms with van der Waals surface area (Å²) in [5, 5.41) is 12.3. The maximum atomic E-state index is 12.3. The minimum Gasteiger partial charge on any atom is -0.506 e. The number of phenols is 1. The number of carbonyl (C=O) groups excluding carboxylic acids is 1. The molecule has 0 spiro atoms. The Labute approximate surface area is 147 Å². The van der Waals surface area contributed by atoms with Crippen molar-refractivity contribution in [2.45, 2.75) is 32.1 Å². The minimum atomic E-state index is -3.67. The van der Waals surface area contributed by atoms with E-state index >= 15 is 0 Å². The smallest absolute Gasteiger partial charge is 0.240 e. The number of benzene rings is 2. The van der Waals surface area contributed by atoms with Crippen molar-refractivity contribution in [3.63, 3.8) is 0 Å². The van der Waals surface area contributed by atoms with E-state index in [4.69, 9.17) is 0 Å². The molecule has 0 aliphatic heterocycles. The van der Waals surface area contributed by atoms with Crippen molar-refractivity contribution in [1.82, 2.24) is 4.72 Å². The van der Waals surface area contributed by atoms with Gasteiger partial charge in [-0.3, -0.25) is 4.79 Å². The molecule has 0 atom stereocenters. The lowest BCUT2D eigenvalue weighted by atomic mass is 10.2. The van der Waals surface area contributed by atoms with Crippen LogP contribution in [-0.2, 0) is 14.8 Å². The van der Waals surface area contributed by atoms with Crippen LogP contribution in [0.3, 0.4) is 0 Å². The minimum absolute atomic E-state index is 0.0239. The van der Waals surface area contributed by atoms with E-state index in [1.54, 1.807) is 43.3 Å². The fourth-order valence-electron chi connectivity index (χ4n) is 2.44. The van der Waals surface area contributed by atoms with Gasteiger partial charge in [0, 0.05) is 13.0 Å². The van der Waals surface area contributed by atoms with Gasteiger partial charge in [-0.15, -0.1) is 0 Å². The second-order valence-electron chi connectivity index (χ2n) is 5.99. The summed E-state index contributed by atoms with van der Waals surface area (Å²) in [5.74, 6) is -0.410. The van der Waals surface area contributed by atoms with Crippen LogP contribution in [0, 0.1) is 20.8 Å². The van der Waals surface area contributed by atoms with Gasteiger partial charge in [-0.25, -0.2) is 13.1 Å². The quantitative estimate of drug-likeness (QED) is 0.688. The molecule has 7 heteroatoms. The first-order valence-corrected chi connectivity index (χ1v) is 9.34. The summed E-state index contributed by atoms with van der Waals surface area (Å²) in [6.07, 6.45) is -0.0442. The lowest BCUT2D eigenvalue weighted by Crippen LogP contribution is -2.28. The zero-order valence-corrected chi connectivity index (χ0v) is 15.3. The molecule has 2 aromatic rings. The molecule has 0 bridgehead atoms. The summed E-state index contributed by atoms with van der Waals surface area (Å²) in [5.41, 5.74) is 2.81. The Morgan fingerprint density at radius 3 is 2.32 bits per heavy atom. The zero-order chi connectivity index (χ0) is 18.6. The molecule has 1 amide bonds. The van der Waals surface area contributed by atoms with Crippen LogP contribution < -0.4 is 10.0 Å². The van der Waals surface area contributed by atoms with Crippen molar-refractivity contribution >= 4 is 21.6 Å². The van der Waals surface area contributed by atoms with Gasteiger partial charge >= 0.3 is 0 Å². The number of carbonyl (C=O) groups is 1. The van der Waals surface area contributed by atoms with Crippen LogP contribution in [0.5, 0.6) is 5.75 Å². The predicted molar refractivity (Wildman–Crippen MR) is 97.2 cm³/mol. The largest absolute Gasteiger partial charge is 0.506 e. The molecule has 0 saturated heterocycles. The number of rotatable bonds is 6. The van der Waals surface area contributed by atoms with Crippen LogP contribution in [0.2, 0.25) is 0 Å². The van der Waals surface area contributed by atoms with Crippen molar-refractivity contribution in [2.75, 3.05) is 11.9 Å². The Bertz CT molecular complexity index is 892. The van der Waals surface area contributed by atoms with Gasteiger partial charge in [0.25, 0.3) is 0 Å². The van der Waals surface area contributed by atoms with Crippen LogP contribution in [0.4, 0.5) is 5.69 Å². The third-order valence-corrected chi connectivity index (χ3v) is 5.31. The molecule has 0 radical (unpaired) electrons. The highest BCUT2D eigenvalue weighted by molar-refractivity contribution is 7.89. The summed E-state index contributed by atoms with van der Waals surface area (Å²) in [6, 6.07) is 9.98. The standard InChI is InChI=1S/C18H22N2O4S/c1-12-5-7-17(14(3)10-12)25(23,24)19-9-8-18(22)20-15-6-4-13(2)11-16(15)21/h4-7,10-11,19,21H,8-9H2,1-3H3,(H,20,22). The number of sulfonamides is 1. The first kappa shape index (κ1) is 19.0. The normalized spacial score (nSPS) is 11.3. The number of aromatic hydroxyl groups is 1. The monoisotopic (exact) mass is 362 g/mol. The lowest BCUT2D eigenvalue weighted by Gasteiger charge is -2.11. The molecule has 0 heterocycles. The molecule has 3 N–H and O–H groups in total. The molecular weight excluding hydrogens is 340 g/mol. The van der Waals surface area contributed by atoms with E-state index in [1.165, 1.54) is 0 Å². The van der Waals surface area contributed by atoms with Gasteiger partial charge < -0.3 is 10.4 Å². The van der Waals surface area contributed by atoms with Crippen LogP contribution in [0.25, 0.3) is 0 Å². The van der Waals surface area contributed by atoms with Gasteiger partial charge in [0.15, 0.2) is 0 Å². The molecule has 0 aliphatic rings. The Kier molecular flexibility index (Phi) is 5.81. The SMILES string of the molecule is Cc1ccc(S(=O)(=O)NCCC(=O)Nc2ccc(C)cc2O)c(C)c1. The Morgan fingerprint density at radius 2 is 1.68 bits per heavy atom. The maximum absolute atomic E-state index is 12.3. The first-order valence-electron chi connectivity index (χ1n) is 7.85. The molecule has 6 nitrogen and oxygen atoms in total. The second-order valence-corrected chi connectivity index (χ2v) is 7.72. The van der Waals surface area contributed by atoms with Crippen molar-refractivity contribution in [2.24, 2.45) is 0 Å². The first-order chi connectivity index (χ1) is 11.7. The van der Waals surface area contributed by atoms with E-state index in [2.05, 4.69) is 10.0 Å². The van der Waals surface area contributed by atoms with Gasteiger partial charge in [-0.1, -0.05) is 23.8 Å². The van der Waals surface area contributed by atoms with E-state index in [0.29, 0.717) is 11.3 Å². The van der Waals surface area contributed by atoms with Gasteiger partial charge in [0.2, 0.25) is 15.9 Å². The summed E-state index contributed by atoms with van der Waals surface area (Å²) in [4.78, 5) is 12.1. The van der Waals surface area contributed by atoms with E-state index in [9.17, 15) is 18.3 Å². The molecular formula is C18H22N2O4S. The van der Waals surface area contributed by atoms with Crippen LogP contribution in [0.15, 0.2) is 41.3 Å². The Morgan fingerprint density at radius 1 is 1.04 bits per heavy atom. The number of hydrogen-bond acceptors (Lipinski definition) is 4. The zero-order valence-electron chi connectivity index (χ0n) is 14.5. The third-order valence-electron chi connectivity index (χ3n) is 3.69. The van der Waals surface area contributed by atoms with Gasteiger partial charge in [-0.2, -0.15) is 0 Å². The van der Waals surface area contributed by atoms with Crippen molar-refractivity contribution in [1.29, 1.82) is 0 Å². The number of anilines is 1. The van der Waals surface area contributed by atoms with Crippen LogP contribution >= 0.6 is 0 Å². The van der Waals surface area contributed by atoms with E-state index in [0.717, 1.165) is 11.1 Å². The maximum Gasteiger partial charge on any atom is 0.240 e. The summed E-state index contributed by atoms with van der Waals surface area (Å²) < 4.78 is 27.1. The van der Waals surface area contributed by atoms with Crippen LogP contribution in [0.1, 0.15) is 23.1 Å². The van der Waals surface area contributed by atoms with Gasteiger partial charge in [0.05, 0.1) is 10.6 Å². The molecule has 0 unspecified atom stereocenters. The summed E-state index contributed by atoms with van der Waals surface area (Å²) in [7, 11) is -3.67. The van der Waals surface area contributed by atoms with E-state index in [-0.39, 0.29) is 29.5 Å². The Balaban J connectivity index is 1.94. The van der Waals surface area contributed by atoms with Crippen molar-refractivity contribution in [3.8, 4) is 5.75 Å². The fraction of sp³-hybridized carbons (Fsp3) is 0.278. The number of hydrogen-bond donors (Lipinski definition) is 3. The number of nitrogens with one attached hydrogen (secondary N) is 2. The average Bonchev–Trinajstić information content (AvgIpc) is 2.49. The fourth-order valence-corrected chi connectivity index (χ4v) is 3.69. The third kappa shape index (κ3) is 5.04. The highest BCUT2D eigenvalue weighted by Crippen LogP contribution is 2.23. The lowest BCUT2D eigenvalue weighted by molar-refractivity contribution is -0.116. The van der Waals surface area contributed by atoms with Crippen LogP contribution in [-0.4, -0.2) is 26.0 Å². The molecule has 134 valence electrons. The molecule has 2 rings (SSSR count).